The van der Waals surface area contributed by atoms with E-state index in [-0.39, 0.29) is 0 Å². The molecule has 41 heavy (non-hydrogen) atoms. The molecule has 0 aliphatic rings. The SMILES string of the molecule is Clc1ccnc(-n2ccc3c(SCc4ccccc4)cccc32)n1.c1ccc(CSc2cccc3[nH]ccc23)cc1. The number of H-pyrrole nitrogens is 1. The van der Waals surface area contributed by atoms with Gasteiger partial charge in [-0.3, -0.25) is 4.57 Å². The second-order valence-electron chi connectivity index (χ2n) is 9.30. The third-order valence-corrected chi connectivity index (χ3v) is 9.05. The Morgan fingerprint density at radius 3 is 2.00 bits per heavy atom. The van der Waals surface area contributed by atoms with E-state index >= 15 is 0 Å². The van der Waals surface area contributed by atoms with Crippen molar-refractivity contribution >= 4 is 56.9 Å². The first-order chi connectivity index (χ1) is 20.2. The van der Waals surface area contributed by atoms with Crippen molar-refractivity contribution in [3.05, 3.63) is 150 Å². The second kappa shape index (κ2) is 13.1. The van der Waals surface area contributed by atoms with Crippen molar-refractivity contribution in [1.82, 2.24) is 19.5 Å². The molecular formula is C34H27ClN4S2. The normalized spacial score (nSPS) is 11.0. The maximum Gasteiger partial charge on any atom is 0.235 e. The van der Waals surface area contributed by atoms with Crippen LogP contribution in [0.4, 0.5) is 0 Å². The molecule has 4 nitrogen and oxygen atoms in total. The summed E-state index contributed by atoms with van der Waals surface area (Å²) in [5, 5.41) is 2.95. The lowest BCUT2D eigenvalue weighted by Crippen LogP contribution is -1.98. The molecule has 0 spiro atoms. The van der Waals surface area contributed by atoms with Crippen molar-refractivity contribution in [2.24, 2.45) is 0 Å². The van der Waals surface area contributed by atoms with Gasteiger partial charge in [-0.05, 0) is 53.6 Å². The summed E-state index contributed by atoms with van der Waals surface area (Å²) in [4.78, 5) is 14.4. The number of hydrogen-bond donors (Lipinski definition) is 1. The maximum absolute atomic E-state index is 5.99. The van der Waals surface area contributed by atoms with Gasteiger partial charge in [0.05, 0.1) is 5.52 Å². The monoisotopic (exact) mass is 590 g/mol. The van der Waals surface area contributed by atoms with Crippen LogP contribution in [-0.4, -0.2) is 19.5 Å². The Morgan fingerprint density at radius 1 is 0.659 bits per heavy atom. The van der Waals surface area contributed by atoms with E-state index < -0.39 is 0 Å². The zero-order chi connectivity index (χ0) is 27.9. The van der Waals surface area contributed by atoms with Crippen LogP contribution in [0.5, 0.6) is 0 Å². The third-order valence-electron chi connectivity index (χ3n) is 6.55. The van der Waals surface area contributed by atoms with Gasteiger partial charge in [-0.1, -0.05) is 84.4 Å². The van der Waals surface area contributed by atoms with Crippen molar-refractivity contribution in [3.8, 4) is 5.95 Å². The number of thioether (sulfide) groups is 2. The molecule has 7 aromatic rings. The first-order valence-corrected chi connectivity index (χ1v) is 15.6. The van der Waals surface area contributed by atoms with Crippen molar-refractivity contribution in [3.63, 3.8) is 0 Å². The summed E-state index contributed by atoms with van der Waals surface area (Å²) >= 11 is 9.72. The molecule has 202 valence electrons. The highest BCUT2D eigenvalue weighted by Gasteiger charge is 2.10. The van der Waals surface area contributed by atoms with E-state index in [1.165, 1.54) is 37.2 Å². The standard InChI is InChI=1S/C19H14ClN3S.C15H13NS/c20-18-9-11-21-19(22-18)23-12-10-15-16(23)7-4-8-17(15)24-13-14-5-2-1-3-6-14;1-2-5-12(6-3-1)11-17-15-8-4-7-14-13(15)9-10-16-14/h1-12H,13H2;1-10,16H,11H2. The first kappa shape index (κ1) is 27.2. The number of benzene rings is 4. The lowest BCUT2D eigenvalue weighted by Gasteiger charge is -2.06. The maximum atomic E-state index is 5.99. The lowest BCUT2D eigenvalue weighted by atomic mass is 10.2. The first-order valence-electron chi connectivity index (χ1n) is 13.2. The number of hydrogen-bond acceptors (Lipinski definition) is 4. The van der Waals surface area contributed by atoms with Crippen LogP contribution in [0.15, 0.2) is 144 Å². The highest BCUT2D eigenvalue weighted by molar-refractivity contribution is 7.99. The Morgan fingerprint density at radius 2 is 1.32 bits per heavy atom. The predicted octanol–water partition coefficient (Wildman–Crippen LogP) is 9.83. The summed E-state index contributed by atoms with van der Waals surface area (Å²) in [7, 11) is 0. The average molecular weight is 591 g/mol. The van der Waals surface area contributed by atoms with E-state index in [4.69, 9.17) is 11.6 Å². The number of nitrogens with one attached hydrogen (secondary N) is 1. The minimum atomic E-state index is 0.441. The summed E-state index contributed by atoms with van der Waals surface area (Å²) in [5.74, 6) is 2.55. The second-order valence-corrected chi connectivity index (χ2v) is 11.7. The third kappa shape index (κ3) is 6.68. The number of rotatable bonds is 7. The van der Waals surface area contributed by atoms with Gasteiger partial charge in [0.15, 0.2) is 0 Å². The Hall–Kier alpha value is -3.97. The minimum Gasteiger partial charge on any atom is -0.361 e. The summed E-state index contributed by atoms with van der Waals surface area (Å²) in [5.41, 5.74) is 4.97. The molecule has 3 aromatic heterocycles. The highest BCUT2D eigenvalue weighted by atomic mass is 35.5. The van der Waals surface area contributed by atoms with Gasteiger partial charge in [0, 0.05) is 56.2 Å². The van der Waals surface area contributed by atoms with Gasteiger partial charge < -0.3 is 4.98 Å². The Labute approximate surface area is 252 Å². The summed E-state index contributed by atoms with van der Waals surface area (Å²) in [6, 6.07) is 39.7. The Kier molecular flexibility index (Phi) is 8.71. The van der Waals surface area contributed by atoms with E-state index in [1.54, 1.807) is 12.3 Å². The molecule has 0 saturated heterocycles. The minimum absolute atomic E-state index is 0.441. The van der Waals surface area contributed by atoms with Gasteiger partial charge in [0.1, 0.15) is 5.15 Å². The predicted molar refractivity (Wildman–Crippen MR) is 174 cm³/mol. The van der Waals surface area contributed by atoms with Crippen LogP contribution in [-0.2, 0) is 11.5 Å². The average Bonchev–Trinajstić information content (AvgIpc) is 3.69. The molecule has 0 radical (unpaired) electrons. The molecule has 7 heteroatoms. The fourth-order valence-corrected chi connectivity index (χ4v) is 6.71. The summed E-state index contributed by atoms with van der Waals surface area (Å²) in [6.07, 6.45) is 5.66. The quantitative estimate of drug-likeness (QED) is 0.148. The molecule has 0 unspecified atom stereocenters. The highest BCUT2D eigenvalue weighted by Crippen LogP contribution is 2.32. The van der Waals surface area contributed by atoms with E-state index in [1.807, 2.05) is 46.6 Å². The molecule has 0 aliphatic heterocycles. The van der Waals surface area contributed by atoms with Crippen molar-refractivity contribution in [2.75, 3.05) is 0 Å². The van der Waals surface area contributed by atoms with Gasteiger partial charge in [0.25, 0.3) is 0 Å². The van der Waals surface area contributed by atoms with E-state index in [2.05, 4.69) is 118 Å². The molecule has 0 saturated carbocycles. The molecule has 0 aliphatic carbocycles. The van der Waals surface area contributed by atoms with Gasteiger partial charge in [-0.15, -0.1) is 23.5 Å². The van der Waals surface area contributed by atoms with Crippen molar-refractivity contribution in [1.29, 1.82) is 0 Å². The number of fused-ring (bicyclic) bond motifs is 2. The smallest absolute Gasteiger partial charge is 0.235 e. The van der Waals surface area contributed by atoms with Gasteiger partial charge >= 0.3 is 0 Å². The number of aromatic nitrogens is 4. The summed E-state index contributed by atoms with van der Waals surface area (Å²) < 4.78 is 1.97. The zero-order valence-corrected chi connectivity index (χ0v) is 24.5. The Balaban J connectivity index is 0.000000156. The largest absolute Gasteiger partial charge is 0.361 e. The van der Waals surface area contributed by atoms with Crippen molar-refractivity contribution < 1.29 is 0 Å². The van der Waals surface area contributed by atoms with Crippen LogP contribution in [0.25, 0.3) is 27.8 Å². The van der Waals surface area contributed by atoms with Gasteiger partial charge in [0.2, 0.25) is 5.95 Å². The molecule has 0 amide bonds. The van der Waals surface area contributed by atoms with Crippen LogP contribution in [0, 0.1) is 0 Å². The molecule has 1 N–H and O–H groups in total. The van der Waals surface area contributed by atoms with Crippen LogP contribution in [0.1, 0.15) is 11.1 Å². The summed E-state index contributed by atoms with van der Waals surface area (Å²) in [6.45, 7) is 0. The molecule has 0 fully saturated rings. The molecule has 7 rings (SSSR count). The van der Waals surface area contributed by atoms with Crippen LogP contribution in [0.3, 0.4) is 0 Å². The Bertz CT molecular complexity index is 1870. The van der Waals surface area contributed by atoms with E-state index in [0.29, 0.717) is 11.1 Å². The zero-order valence-electron chi connectivity index (χ0n) is 22.2. The molecule has 3 heterocycles. The van der Waals surface area contributed by atoms with E-state index in [0.717, 1.165) is 17.0 Å². The molecule has 0 bridgehead atoms. The van der Waals surface area contributed by atoms with Gasteiger partial charge in [-0.2, -0.15) is 0 Å². The van der Waals surface area contributed by atoms with Crippen molar-refractivity contribution in [2.45, 2.75) is 21.3 Å². The van der Waals surface area contributed by atoms with Gasteiger partial charge in [-0.25, -0.2) is 9.97 Å². The van der Waals surface area contributed by atoms with Crippen LogP contribution >= 0.6 is 35.1 Å². The number of halogens is 1. The molecule has 4 aromatic carbocycles. The van der Waals surface area contributed by atoms with E-state index in [9.17, 15) is 0 Å². The number of nitrogens with zero attached hydrogens (tertiary/aromatic N) is 3. The number of aromatic amines is 1. The van der Waals surface area contributed by atoms with Crippen LogP contribution < -0.4 is 0 Å². The topological polar surface area (TPSA) is 46.5 Å². The fraction of sp³-hybridized carbons (Fsp3) is 0.0588. The molecular weight excluding hydrogens is 564 g/mol. The lowest BCUT2D eigenvalue weighted by molar-refractivity contribution is 0.962. The molecule has 0 atom stereocenters. The van der Waals surface area contributed by atoms with Crippen LogP contribution in [0.2, 0.25) is 5.15 Å². The fourth-order valence-electron chi connectivity index (χ4n) is 4.54.